The summed E-state index contributed by atoms with van der Waals surface area (Å²) in [6.45, 7) is 0. The minimum absolute atomic E-state index is 0.0140. The van der Waals surface area contributed by atoms with E-state index in [1.807, 2.05) is 0 Å². The number of aliphatic hydroxyl groups is 2. The molecular weight excluding hydrogens is 250 g/mol. The van der Waals surface area contributed by atoms with Crippen molar-refractivity contribution in [3.8, 4) is 0 Å². The minimum Gasteiger partial charge on any atom is -0.389 e. The molecule has 0 heterocycles. The van der Waals surface area contributed by atoms with Crippen LogP contribution in [0.4, 0.5) is 0 Å². The van der Waals surface area contributed by atoms with Crippen molar-refractivity contribution in [3.63, 3.8) is 0 Å². The summed E-state index contributed by atoms with van der Waals surface area (Å²) in [6, 6.07) is 5.72. The number of hydrogen-bond acceptors (Lipinski definition) is 5. The standard InChI is InChI=1S/C9H13NO4S2/c10-16(13,14)8-4-2-1-3-6(8)9(12)7(11)5-15/h1-4,7,9,11-12,15H,5H2,(H2,10,13,14). The zero-order valence-corrected chi connectivity index (χ0v) is 10.0. The third kappa shape index (κ3) is 2.96. The Kier molecular flexibility index (Phi) is 4.34. The Bertz CT molecular complexity index is 460. The van der Waals surface area contributed by atoms with E-state index in [-0.39, 0.29) is 16.2 Å². The van der Waals surface area contributed by atoms with Crippen molar-refractivity contribution in [2.45, 2.75) is 17.1 Å². The van der Waals surface area contributed by atoms with E-state index in [0.29, 0.717) is 0 Å². The van der Waals surface area contributed by atoms with Gasteiger partial charge in [0.25, 0.3) is 0 Å². The van der Waals surface area contributed by atoms with Crippen LogP contribution in [0.5, 0.6) is 0 Å². The van der Waals surface area contributed by atoms with Gasteiger partial charge in [0, 0.05) is 11.3 Å². The van der Waals surface area contributed by atoms with E-state index >= 15 is 0 Å². The maximum Gasteiger partial charge on any atom is 0.238 e. The first-order valence-electron chi connectivity index (χ1n) is 4.46. The average Bonchev–Trinajstić information content (AvgIpc) is 2.26. The molecule has 1 rings (SSSR count). The molecule has 0 saturated heterocycles. The fraction of sp³-hybridized carbons (Fsp3) is 0.333. The van der Waals surface area contributed by atoms with E-state index in [2.05, 4.69) is 12.6 Å². The van der Waals surface area contributed by atoms with Gasteiger partial charge in [0.2, 0.25) is 10.0 Å². The summed E-state index contributed by atoms with van der Waals surface area (Å²) in [5, 5.41) is 24.1. The van der Waals surface area contributed by atoms with Crippen molar-refractivity contribution >= 4 is 22.7 Å². The van der Waals surface area contributed by atoms with Gasteiger partial charge in [0.15, 0.2) is 0 Å². The monoisotopic (exact) mass is 263 g/mol. The lowest BCUT2D eigenvalue weighted by Gasteiger charge is -2.18. The van der Waals surface area contributed by atoms with Gasteiger partial charge in [-0.1, -0.05) is 18.2 Å². The quantitative estimate of drug-likeness (QED) is 0.558. The molecule has 2 atom stereocenters. The molecule has 0 bridgehead atoms. The van der Waals surface area contributed by atoms with Gasteiger partial charge < -0.3 is 10.2 Å². The molecule has 7 heteroatoms. The molecule has 4 N–H and O–H groups in total. The number of sulfonamides is 1. The fourth-order valence-corrected chi connectivity index (χ4v) is 2.28. The highest BCUT2D eigenvalue weighted by molar-refractivity contribution is 7.89. The zero-order chi connectivity index (χ0) is 12.3. The fourth-order valence-electron chi connectivity index (χ4n) is 1.29. The molecule has 0 aliphatic heterocycles. The maximum atomic E-state index is 11.2. The van der Waals surface area contributed by atoms with E-state index in [1.54, 1.807) is 6.07 Å². The Hall–Kier alpha value is -0.600. The van der Waals surface area contributed by atoms with Crippen LogP contribution < -0.4 is 5.14 Å². The van der Waals surface area contributed by atoms with Gasteiger partial charge in [-0.15, -0.1) is 0 Å². The first-order valence-corrected chi connectivity index (χ1v) is 6.64. The predicted molar refractivity (Wildman–Crippen MR) is 62.6 cm³/mol. The van der Waals surface area contributed by atoms with Gasteiger partial charge in [-0.2, -0.15) is 12.6 Å². The highest BCUT2D eigenvalue weighted by Crippen LogP contribution is 2.24. The van der Waals surface area contributed by atoms with Crippen molar-refractivity contribution in [2.24, 2.45) is 5.14 Å². The molecule has 0 aliphatic carbocycles. The van der Waals surface area contributed by atoms with Gasteiger partial charge in [-0.3, -0.25) is 0 Å². The van der Waals surface area contributed by atoms with Gasteiger partial charge in [-0.25, -0.2) is 13.6 Å². The van der Waals surface area contributed by atoms with Gasteiger partial charge in [0.05, 0.1) is 11.0 Å². The molecule has 1 aromatic rings. The second-order valence-corrected chi connectivity index (χ2v) is 5.17. The molecule has 0 spiro atoms. The molecule has 0 saturated carbocycles. The van der Waals surface area contributed by atoms with Crippen LogP contribution in [0.2, 0.25) is 0 Å². The van der Waals surface area contributed by atoms with Crippen LogP contribution in [0.1, 0.15) is 11.7 Å². The lowest BCUT2D eigenvalue weighted by Crippen LogP contribution is -2.23. The van der Waals surface area contributed by atoms with E-state index < -0.39 is 22.2 Å². The SMILES string of the molecule is NS(=O)(=O)c1ccccc1C(O)C(O)CS. The van der Waals surface area contributed by atoms with Crippen LogP contribution in [0, 0.1) is 0 Å². The molecule has 1 aromatic carbocycles. The number of rotatable bonds is 4. The van der Waals surface area contributed by atoms with Crippen molar-refractivity contribution in [1.29, 1.82) is 0 Å². The molecule has 0 aliphatic rings. The maximum absolute atomic E-state index is 11.2. The largest absolute Gasteiger partial charge is 0.389 e. The third-order valence-electron chi connectivity index (χ3n) is 2.10. The molecule has 16 heavy (non-hydrogen) atoms. The Balaban J connectivity index is 3.24. The Morgan fingerprint density at radius 1 is 1.31 bits per heavy atom. The highest BCUT2D eigenvalue weighted by atomic mass is 32.2. The van der Waals surface area contributed by atoms with E-state index in [0.717, 1.165) is 0 Å². The summed E-state index contributed by atoms with van der Waals surface area (Å²) in [5.74, 6) is 0.0140. The summed E-state index contributed by atoms with van der Waals surface area (Å²) in [5.41, 5.74) is 0.0755. The molecule has 5 nitrogen and oxygen atoms in total. The van der Waals surface area contributed by atoms with E-state index in [9.17, 15) is 18.6 Å². The summed E-state index contributed by atoms with van der Waals surface area (Å²) in [4.78, 5) is -0.191. The molecule has 0 fully saturated rings. The van der Waals surface area contributed by atoms with Gasteiger partial charge >= 0.3 is 0 Å². The van der Waals surface area contributed by atoms with Crippen molar-refractivity contribution < 1.29 is 18.6 Å². The molecular formula is C9H13NO4S2. The number of nitrogens with two attached hydrogens (primary N) is 1. The Labute approximate surface area is 99.4 Å². The number of benzene rings is 1. The predicted octanol–water partition coefficient (Wildman–Crippen LogP) is -0.342. The second-order valence-electron chi connectivity index (χ2n) is 3.28. The first-order chi connectivity index (χ1) is 7.38. The van der Waals surface area contributed by atoms with Crippen molar-refractivity contribution in [2.75, 3.05) is 5.75 Å². The van der Waals surface area contributed by atoms with Crippen LogP contribution in [0.25, 0.3) is 0 Å². The second kappa shape index (κ2) is 5.15. The summed E-state index contributed by atoms with van der Waals surface area (Å²) < 4.78 is 22.5. The number of hydrogen-bond donors (Lipinski definition) is 4. The number of aliphatic hydroxyl groups excluding tert-OH is 2. The molecule has 2 unspecified atom stereocenters. The summed E-state index contributed by atoms with van der Waals surface area (Å²) in [7, 11) is -3.92. The van der Waals surface area contributed by atoms with Crippen molar-refractivity contribution in [1.82, 2.24) is 0 Å². The Morgan fingerprint density at radius 3 is 2.38 bits per heavy atom. The summed E-state index contributed by atoms with van der Waals surface area (Å²) in [6.07, 6.45) is -2.47. The average molecular weight is 263 g/mol. The van der Waals surface area contributed by atoms with Crippen LogP contribution in [-0.4, -0.2) is 30.5 Å². The minimum atomic E-state index is -3.92. The highest BCUT2D eigenvalue weighted by Gasteiger charge is 2.23. The molecule has 90 valence electrons. The van der Waals surface area contributed by atoms with E-state index in [1.165, 1.54) is 18.2 Å². The molecule has 0 amide bonds. The number of thiol groups is 1. The smallest absolute Gasteiger partial charge is 0.238 e. The first kappa shape index (κ1) is 13.5. The van der Waals surface area contributed by atoms with Crippen molar-refractivity contribution in [3.05, 3.63) is 29.8 Å². The van der Waals surface area contributed by atoms with Crippen LogP contribution in [0.3, 0.4) is 0 Å². The normalized spacial score (nSPS) is 15.8. The lowest BCUT2D eigenvalue weighted by atomic mass is 10.1. The van der Waals surface area contributed by atoms with Crippen LogP contribution in [-0.2, 0) is 10.0 Å². The molecule has 0 aromatic heterocycles. The zero-order valence-electron chi connectivity index (χ0n) is 8.31. The third-order valence-corrected chi connectivity index (χ3v) is 3.45. The topological polar surface area (TPSA) is 101 Å². The van der Waals surface area contributed by atoms with E-state index in [4.69, 9.17) is 5.14 Å². The van der Waals surface area contributed by atoms with Crippen LogP contribution in [0.15, 0.2) is 29.2 Å². The van der Waals surface area contributed by atoms with Crippen LogP contribution >= 0.6 is 12.6 Å². The Morgan fingerprint density at radius 2 is 1.88 bits per heavy atom. The van der Waals surface area contributed by atoms with Gasteiger partial charge in [0.1, 0.15) is 6.10 Å². The summed E-state index contributed by atoms with van der Waals surface area (Å²) >= 11 is 3.82. The number of primary sulfonamides is 1. The lowest BCUT2D eigenvalue weighted by molar-refractivity contribution is 0.0320. The molecule has 0 radical (unpaired) electrons. The van der Waals surface area contributed by atoms with Gasteiger partial charge in [-0.05, 0) is 6.07 Å².